The lowest BCUT2D eigenvalue weighted by Crippen LogP contribution is -2.50. The largest absolute Gasteiger partial charge is 0.433 e. The summed E-state index contributed by atoms with van der Waals surface area (Å²) in [6, 6.07) is 17.7. The van der Waals surface area contributed by atoms with Gasteiger partial charge in [0.25, 0.3) is 0 Å². The monoisotopic (exact) mass is 361 g/mol. The van der Waals surface area contributed by atoms with E-state index in [0.29, 0.717) is 18.3 Å². The number of ether oxygens (including phenoxy) is 1. The first-order chi connectivity index (χ1) is 12.7. The third-order valence-electron chi connectivity index (χ3n) is 4.50. The molecular weight excluding hydrogens is 336 g/mol. The van der Waals surface area contributed by atoms with Crippen molar-refractivity contribution in [3.8, 4) is 5.75 Å². The molecule has 2 aromatic carbocycles. The predicted molar refractivity (Wildman–Crippen MR) is 99.7 cm³/mol. The molecule has 1 aliphatic rings. The zero-order valence-corrected chi connectivity index (χ0v) is 14.7. The molecule has 1 atom stereocenters. The van der Waals surface area contributed by atoms with Gasteiger partial charge in [-0.2, -0.15) is 8.78 Å². The lowest BCUT2D eigenvalue weighted by molar-refractivity contribution is -0.0493. The van der Waals surface area contributed by atoms with Crippen LogP contribution in [0.15, 0.2) is 54.6 Å². The molecule has 140 valence electrons. The van der Waals surface area contributed by atoms with Gasteiger partial charge in [0, 0.05) is 38.8 Å². The fourth-order valence-electron chi connectivity index (χ4n) is 3.27. The van der Waals surface area contributed by atoms with Crippen LogP contribution in [-0.2, 0) is 6.54 Å². The minimum absolute atomic E-state index is 0.185. The number of hydrogen-bond acceptors (Lipinski definition) is 4. The standard InChI is InChI=1S/C20H25F2N3O/c21-20(22)26-19-9-5-4-8-18(19)24-11-10-17-15-25(13-12-23-17)14-16-6-2-1-3-7-16/h1-9,17,20,23-24H,10-15H2/t17-/m1/s1. The molecule has 1 aliphatic heterocycles. The zero-order chi connectivity index (χ0) is 18.2. The number of anilines is 1. The van der Waals surface area contributed by atoms with Gasteiger partial charge in [-0.25, -0.2) is 0 Å². The molecular formula is C20H25F2N3O. The Bertz CT molecular complexity index is 669. The molecule has 0 spiro atoms. The molecule has 2 aromatic rings. The van der Waals surface area contributed by atoms with Crippen LogP contribution in [0.3, 0.4) is 0 Å². The number of piperazine rings is 1. The van der Waals surface area contributed by atoms with Crippen molar-refractivity contribution in [3.05, 3.63) is 60.2 Å². The Kier molecular flexibility index (Phi) is 6.80. The van der Waals surface area contributed by atoms with E-state index in [4.69, 9.17) is 0 Å². The van der Waals surface area contributed by atoms with Crippen LogP contribution in [0.2, 0.25) is 0 Å². The van der Waals surface area contributed by atoms with E-state index in [1.165, 1.54) is 5.56 Å². The average molecular weight is 361 g/mol. The molecule has 0 bridgehead atoms. The third kappa shape index (κ3) is 5.68. The first kappa shape index (κ1) is 18.6. The van der Waals surface area contributed by atoms with E-state index in [0.717, 1.165) is 32.6 Å². The number of benzene rings is 2. The quantitative estimate of drug-likeness (QED) is 0.754. The van der Waals surface area contributed by atoms with E-state index in [1.807, 2.05) is 6.07 Å². The Morgan fingerprint density at radius 1 is 1.12 bits per heavy atom. The summed E-state index contributed by atoms with van der Waals surface area (Å²) in [6.45, 7) is 1.81. The second kappa shape index (κ2) is 9.50. The maximum Gasteiger partial charge on any atom is 0.387 e. The van der Waals surface area contributed by atoms with Gasteiger partial charge in [0.1, 0.15) is 5.75 Å². The number of halogens is 2. The number of nitrogens with zero attached hydrogens (tertiary/aromatic N) is 1. The minimum Gasteiger partial charge on any atom is -0.433 e. The van der Waals surface area contributed by atoms with Crippen LogP contribution >= 0.6 is 0 Å². The van der Waals surface area contributed by atoms with E-state index in [-0.39, 0.29) is 5.75 Å². The van der Waals surface area contributed by atoms with Crippen LogP contribution in [0.4, 0.5) is 14.5 Å². The van der Waals surface area contributed by atoms with Gasteiger partial charge in [-0.15, -0.1) is 0 Å². The van der Waals surface area contributed by atoms with Crippen LogP contribution in [0, 0.1) is 0 Å². The molecule has 0 amide bonds. The van der Waals surface area contributed by atoms with Gasteiger partial charge in [-0.3, -0.25) is 4.90 Å². The summed E-state index contributed by atoms with van der Waals surface area (Å²) in [5.41, 5.74) is 1.93. The Balaban J connectivity index is 1.46. The van der Waals surface area contributed by atoms with Crippen molar-refractivity contribution in [2.45, 2.75) is 25.6 Å². The van der Waals surface area contributed by atoms with Crippen molar-refractivity contribution in [3.63, 3.8) is 0 Å². The highest BCUT2D eigenvalue weighted by Gasteiger charge is 2.19. The van der Waals surface area contributed by atoms with Crippen molar-refractivity contribution in [1.82, 2.24) is 10.2 Å². The number of nitrogens with one attached hydrogen (secondary N) is 2. The number of hydrogen-bond donors (Lipinski definition) is 2. The first-order valence-electron chi connectivity index (χ1n) is 8.98. The summed E-state index contributed by atoms with van der Waals surface area (Å²) in [6.07, 6.45) is 0.911. The lowest BCUT2D eigenvalue weighted by atomic mass is 10.1. The molecule has 1 saturated heterocycles. The van der Waals surface area contributed by atoms with Gasteiger partial charge >= 0.3 is 6.61 Å². The molecule has 0 aromatic heterocycles. The van der Waals surface area contributed by atoms with Gasteiger partial charge in [0.2, 0.25) is 0 Å². The summed E-state index contributed by atoms with van der Waals surface area (Å²) in [5.74, 6) is 0.185. The molecule has 26 heavy (non-hydrogen) atoms. The molecule has 0 radical (unpaired) electrons. The smallest absolute Gasteiger partial charge is 0.387 e. The Labute approximate surface area is 153 Å². The molecule has 0 aliphatic carbocycles. The Morgan fingerprint density at radius 2 is 1.88 bits per heavy atom. The zero-order valence-electron chi connectivity index (χ0n) is 14.7. The lowest BCUT2D eigenvalue weighted by Gasteiger charge is -2.34. The minimum atomic E-state index is -2.82. The first-order valence-corrected chi connectivity index (χ1v) is 8.98. The molecule has 3 rings (SSSR count). The Hall–Kier alpha value is -2.18. The van der Waals surface area contributed by atoms with E-state index >= 15 is 0 Å². The van der Waals surface area contributed by atoms with E-state index in [9.17, 15) is 8.78 Å². The van der Waals surface area contributed by atoms with Crippen molar-refractivity contribution in [2.24, 2.45) is 0 Å². The van der Waals surface area contributed by atoms with E-state index < -0.39 is 6.61 Å². The van der Waals surface area contributed by atoms with Crippen molar-refractivity contribution < 1.29 is 13.5 Å². The van der Waals surface area contributed by atoms with Crippen LogP contribution in [0.1, 0.15) is 12.0 Å². The van der Waals surface area contributed by atoms with E-state index in [2.05, 4.69) is 44.5 Å². The van der Waals surface area contributed by atoms with Crippen LogP contribution < -0.4 is 15.4 Å². The van der Waals surface area contributed by atoms with E-state index in [1.54, 1.807) is 24.3 Å². The molecule has 0 unspecified atom stereocenters. The van der Waals surface area contributed by atoms with Gasteiger partial charge < -0.3 is 15.4 Å². The highest BCUT2D eigenvalue weighted by Crippen LogP contribution is 2.25. The summed E-state index contributed by atoms with van der Waals surface area (Å²) < 4.78 is 29.5. The topological polar surface area (TPSA) is 36.5 Å². The average Bonchev–Trinajstić information content (AvgIpc) is 2.64. The fourth-order valence-corrected chi connectivity index (χ4v) is 3.27. The summed E-state index contributed by atoms with van der Waals surface area (Å²) in [7, 11) is 0. The SMILES string of the molecule is FC(F)Oc1ccccc1NCC[C@@H]1CN(Cc2ccccc2)CCN1. The molecule has 2 N–H and O–H groups in total. The highest BCUT2D eigenvalue weighted by atomic mass is 19.3. The summed E-state index contributed by atoms with van der Waals surface area (Å²) >= 11 is 0. The summed E-state index contributed by atoms with van der Waals surface area (Å²) in [4.78, 5) is 2.45. The molecule has 6 heteroatoms. The number of alkyl halides is 2. The van der Waals surface area contributed by atoms with Crippen molar-refractivity contribution >= 4 is 5.69 Å². The van der Waals surface area contributed by atoms with Crippen LogP contribution in [0.5, 0.6) is 5.75 Å². The summed E-state index contributed by atoms with van der Waals surface area (Å²) in [5, 5.41) is 6.75. The second-order valence-corrected chi connectivity index (χ2v) is 6.46. The van der Waals surface area contributed by atoms with Gasteiger partial charge in [-0.05, 0) is 24.1 Å². The fraction of sp³-hybridized carbons (Fsp3) is 0.400. The number of rotatable bonds is 8. The third-order valence-corrected chi connectivity index (χ3v) is 4.50. The maximum absolute atomic E-state index is 12.5. The predicted octanol–water partition coefficient (Wildman–Crippen LogP) is 3.56. The Morgan fingerprint density at radius 3 is 2.69 bits per heavy atom. The van der Waals surface area contributed by atoms with Gasteiger partial charge in [0.05, 0.1) is 5.69 Å². The van der Waals surface area contributed by atoms with Gasteiger partial charge in [0.15, 0.2) is 0 Å². The maximum atomic E-state index is 12.5. The molecule has 0 saturated carbocycles. The number of para-hydroxylation sites is 2. The van der Waals surface area contributed by atoms with Crippen LogP contribution in [0.25, 0.3) is 0 Å². The van der Waals surface area contributed by atoms with Crippen LogP contribution in [-0.4, -0.2) is 43.7 Å². The molecule has 1 fully saturated rings. The normalized spacial score (nSPS) is 18.0. The molecule has 4 nitrogen and oxygen atoms in total. The second-order valence-electron chi connectivity index (χ2n) is 6.46. The van der Waals surface area contributed by atoms with Gasteiger partial charge in [-0.1, -0.05) is 42.5 Å². The van der Waals surface area contributed by atoms with Crippen molar-refractivity contribution in [1.29, 1.82) is 0 Å². The van der Waals surface area contributed by atoms with Crippen molar-refractivity contribution in [2.75, 3.05) is 31.5 Å². The highest BCUT2D eigenvalue weighted by molar-refractivity contribution is 5.56. The molecule has 1 heterocycles.